The van der Waals surface area contributed by atoms with Crippen LogP contribution in [0.25, 0.3) is 11.3 Å². The first kappa shape index (κ1) is 15.2. The number of fused-ring (bicyclic) bond motifs is 1. The lowest BCUT2D eigenvalue weighted by atomic mass is 10.1. The van der Waals surface area contributed by atoms with Gasteiger partial charge in [-0.05, 0) is 35.9 Å². The van der Waals surface area contributed by atoms with E-state index in [1.165, 1.54) is 0 Å². The van der Waals surface area contributed by atoms with Crippen molar-refractivity contribution in [3.05, 3.63) is 59.8 Å². The lowest BCUT2D eigenvalue weighted by Crippen LogP contribution is -2.05. The van der Waals surface area contributed by atoms with E-state index in [-0.39, 0.29) is 11.8 Å². The van der Waals surface area contributed by atoms with Gasteiger partial charge in [-0.15, -0.1) is 0 Å². The highest BCUT2D eigenvalue weighted by atomic mass is 32.2. The van der Waals surface area contributed by atoms with Gasteiger partial charge >= 0.3 is 0 Å². The van der Waals surface area contributed by atoms with E-state index in [0.29, 0.717) is 28.3 Å². The molecule has 7 nitrogen and oxygen atoms in total. The molecular weight excluding hydrogens is 340 g/mol. The Hall–Kier alpha value is -3.31. The molecule has 124 valence electrons. The third-order valence-electron chi connectivity index (χ3n) is 3.75. The Bertz CT molecular complexity index is 1110. The number of hydrogen-bond acceptors (Lipinski definition) is 6. The molecule has 8 heteroatoms. The van der Waals surface area contributed by atoms with E-state index in [4.69, 9.17) is 9.68 Å². The van der Waals surface area contributed by atoms with Crippen LogP contribution in [0.2, 0.25) is 0 Å². The molecule has 0 spiro atoms. The van der Waals surface area contributed by atoms with Crippen LogP contribution in [0.15, 0.2) is 53.1 Å². The molecule has 1 aliphatic heterocycles. The standard InChI is InChI=1S/C17H12N4O3S/c18-8-11-2-1-3-12(6-11)16-9-19-17(24-16)20-14-4-5-15-13(7-14)10-25(22,23)21-15/h1-7,9,21H,10H2,(H,19,20). The minimum Gasteiger partial charge on any atom is -0.423 e. The molecule has 0 atom stereocenters. The lowest BCUT2D eigenvalue weighted by molar-refractivity contribution is 0.592. The van der Waals surface area contributed by atoms with Gasteiger partial charge < -0.3 is 9.73 Å². The molecule has 0 unspecified atom stereocenters. The summed E-state index contributed by atoms with van der Waals surface area (Å²) < 4.78 is 31.3. The van der Waals surface area contributed by atoms with E-state index < -0.39 is 10.0 Å². The first-order valence-corrected chi connectivity index (χ1v) is 9.04. The van der Waals surface area contributed by atoms with Crippen molar-refractivity contribution in [1.29, 1.82) is 5.26 Å². The maximum Gasteiger partial charge on any atom is 0.299 e. The average Bonchev–Trinajstić information content (AvgIpc) is 3.17. The molecule has 3 aromatic rings. The fourth-order valence-electron chi connectivity index (χ4n) is 2.63. The van der Waals surface area contributed by atoms with Crippen molar-refractivity contribution in [3.63, 3.8) is 0 Å². The molecule has 0 amide bonds. The van der Waals surface area contributed by atoms with Crippen LogP contribution in [0.3, 0.4) is 0 Å². The second-order valence-corrected chi connectivity index (χ2v) is 7.30. The van der Waals surface area contributed by atoms with Crippen LogP contribution in [0.1, 0.15) is 11.1 Å². The lowest BCUT2D eigenvalue weighted by Gasteiger charge is -2.04. The average molecular weight is 352 g/mol. The molecule has 2 heterocycles. The van der Waals surface area contributed by atoms with Gasteiger partial charge in [0.15, 0.2) is 5.76 Å². The van der Waals surface area contributed by atoms with Crippen LogP contribution in [0.5, 0.6) is 0 Å². The van der Waals surface area contributed by atoms with E-state index >= 15 is 0 Å². The Morgan fingerprint density at radius 3 is 2.96 bits per heavy atom. The van der Waals surface area contributed by atoms with Gasteiger partial charge in [-0.1, -0.05) is 12.1 Å². The molecule has 0 aliphatic carbocycles. The van der Waals surface area contributed by atoms with Crippen molar-refractivity contribution in [1.82, 2.24) is 4.98 Å². The van der Waals surface area contributed by atoms with Gasteiger partial charge in [0.2, 0.25) is 10.0 Å². The van der Waals surface area contributed by atoms with E-state index in [1.807, 2.05) is 6.07 Å². The molecule has 2 aromatic carbocycles. The fourth-order valence-corrected chi connectivity index (χ4v) is 3.88. The summed E-state index contributed by atoms with van der Waals surface area (Å²) in [5.41, 5.74) is 3.25. The number of oxazole rings is 1. The molecular formula is C17H12N4O3S. The molecule has 0 saturated heterocycles. The van der Waals surface area contributed by atoms with Crippen LogP contribution in [-0.4, -0.2) is 13.4 Å². The van der Waals surface area contributed by atoms with E-state index in [1.54, 1.807) is 42.6 Å². The topological polar surface area (TPSA) is 108 Å². The van der Waals surface area contributed by atoms with Gasteiger partial charge in [0.05, 0.1) is 29.3 Å². The number of sulfonamides is 1. The summed E-state index contributed by atoms with van der Waals surface area (Å²) >= 11 is 0. The van der Waals surface area contributed by atoms with Gasteiger partial charge in [0, 0.05) is 11.3 Å². The molecule has 0 radical (unpaired) electrons. The second kappa shape index (κ2) is 5.65. The van der Waals surface area contributed by atoms with Crippen molar-refractivity contribution >= 4 is 27.4 Å². The smallest absolute Gasteiger partial charge is 0.299 e. The molecule has 0 bridgehead atoms. The van der Waals surface area contributed by atoms with Crippen LogP contribution >= 0.6 is 0 Å². The van der Waals surface area contributed by atoms with Crippen LogP contribution in [0, 0.1) is 11.3 Å². The van der Waals surface area contributed by atoms with E-state index in [9.17, 15) is 8.42 Å². The summed E-state index contributed by atoms with van der Waals surface area (Å²) in [5, 5.41) is 12.0. The van der Waals surface area contributed by atoms with Gasteiger partial charge in [-0.2, -0.15) is 5.26 Å². The van der Waals surface area contributed by atoms with Crippen molar-refractivity contribution in [2.45, 2.75) is 5.75 Å². The van der Waals surface area contributed by atoms with Crippen LogP contribution in [0.4, 0.5) is 17.4 Å². The summed E-state index contributed by atoms with van der Waals surface area (Å²) in [6.45, 7) is 0. The molecule has 2 N–H and O–H groups in total. The summed E-state index contributed by atoms with van der Waals surface area (Å²) in [7, 11) is -3.28. The van der Waals surface area contributed by atoms with Crippen molar-refractivity contribution < 1.29 is 12.8 Å². The van der Waals surface area contributed by atoms with Crippen LogP contribution < -0.4 is 10.0 Å². The molecule has 0 saturated carbocycles. The summed E-state index contributed by atoms with van der Waals surface area (Å²) in [4.78, 5) is 4.17. The van der Waals surface area contributed by atoms with Crippen molar-refractivity contribution in [2.24, 2.45) is 0 Å². The number of nitriles is 1. The molecule has 0 fully saturated rings. The number of rotatable bonds is 3. The maximum absolute atomic E-state index is 11.6. The SMILES string of the molecule is N#Cc1cccc(-c2cnc(Nc3ccc4c(c3)CS(=O)(=O)N4)o2)c1. The largest absolute Gasteiger partial charge is 0.423 e. The van der Waals surface area contributed by atoms with E-state index in [2.05, 4.69) is 21.1 Å². The number of nitrogens with zero attached hydrogens (tertiary/aromatic N) is 2. The Morgan fingerprint density at radius 1 is 1.24 bits per heavy atom. The van der Waals surface area contributed by atoms with Gasteiger partial charge in [-0.3, -0.25) is 4.72 Å². The van der Waals surface area contributed by atoms with Crippen LogP contribution in [-0.2, 0) is 15.8 Å². The Labute approximate surface area is 144 Å². The highest BCUT2D eigenvalue weighted by Crippen LogP contribution is 2.31. The zero-order valence-corrected chi connectivity index (χ0v) is 13.7. The third kappa shape index (κ3) is 3.05. The monoisotopic (exact) mass is 352 g/mol. The first-order chi connectivity index (χ1) is 12.0. The molecule has 1 aromatic heterocycles. The summed E-state index contributed by atoms with van der Waals surface area (Å²) in [6.07, 6.45) is 1.57. The number of anilines is 3. The van der Waals surface area contributed by atoms with Crippen molar-refractivity contribution in [2.75, 3.05) is 10.0 Å². The first-order valence-electron chi connectivity index (χ1n) is 7.39. The predicted molar refractivity (Wildman–Crippen MR) is 92.6 cm³/mol. The number of nitrogens with one attached hydrogen (secondary N) is 2. The normalized spacial score (nSPS) is 14.4. The zero-order chi connectivity index (χ0) is 17.4. The van der Waals surface area contributed by atoms with Gasteiger partial charge in [-0.25, -0.2) is 13.4 Å². The van der Waals surface area contributed by atoms with E-state index in [0.717, 1.165) is 5.56 Å². The number of aromatic nitrogens is 1. The highest BCUT2D eigenvalue weighted by Gasteiger charge is 2.23. The fraction of sp³-hybridized carbons (Fsp3) is 0.0588. The maximum atomic E-state index is 11.6. The molecule has 1 aliphatic rings. The highest BCUT2D eigenvalue weighted by molar-refractivity contribution is 7.92. The number of benzene rings is 2. The van der Waals surface area contributed by atoms with Gasteiger partial charge in [0.25, 0.3) is 6.01 Å². The summed E-state index contributed by atoms with van der Waals surface area (Å²) in [6, 6.07) is 14.6. The Morgan fingerprint density at radius 2 is 2.12 bits per heavy atom. The Kier molecular flexibility index (Phi) is 3.44. The minimum atomic E-state index is -3.28. The quantitative estimate of drug-likeness (QED) is 0.749. The predicted octanol–water partition coefficient (Wildman–Crippen LogP) is 3.21. The third-order valence-corrected chi connectivity index (χ3v) is 4.97. The Balaban J connectivity index is 1.57. The molecule has 4 rings (SSSR count). The summed E-state index contributed by atoms with van der Waals surface area (Å²) in [5.74, 6) is 0.486. The second-order valence-electron chi connectivity index (χ2n) is 5.58. The van der Waals surface area contributed by atoms with Gasteiger partial charge in [0.1, 0.15) is 0 Å². The number of hydrogen-bond donors (Lipinski definition) is 2. The zero-order valence-electron chi connectivity index (χ0n) is 12.9. The van der Waals surface area contributed by atoms with Crippen molar-refractivity contribution in [3.8, 4) is 17.4 Å². The molecule has 25 heavy (non-hydrogen) atoms. The minimum absolute atomic E-state index is 0.0460.